The summed E-state index contributed by atoms with van der Waals surface area (Å²) in [6.45, 7) is 3.22. The molecule has 0 saturated heterocycles. The Bertz CT molecular complexity index is 876. The van der Waals surface area contributed by atoms with Gasteiger partial charge in [0.15, 0.2) is 6.10 Å². The van der Waals surface area contributed by atoms with E-state index >= 15 is 0 Å². The van der Waals surface area contributed by atoms with Gasteiger partial charge in [0.25, 0.3) is 5.91 Å². The summed E-state index contributed by atoms with van der Waals surface area (Å²) in [5, 5.41) is 4.33. The van der Waals surface area contributed by atoms with Gasteiger partial charge in [-0.2, -0.15) is 13.2 Å². The molecule has 0 aliphatic rings. The van der Waals surface area contributed by atoms with E-state index in [0.29, 0.717) is 6.54 Å². The maximum Gasteiger partial charge on any atom is 0.416 e. The second-order valence-corrected chi connectivity index (χ2v) is 5.64. The fraction of sp³-hybridized carbons (Fsp3) is 0.278. The zero-order chi connectivity index (χ0) is 20.9. The molecule has 2 N–H and O–H groups in total. The van der Waals surface area contributed by atoms with Crippen molar-refractivity contribution in [3.8, 4) is 11.3 Å². The van der Waals surface area contributed by atoms with Crippen LogP contribution in [0.4, 0.5) is 18.0 Å². The topological polar surface area (TPSA) is 97.6 Å². The van der Waals surface area contributed by atoms with E-state index in [9.17, 15) is 27.6 Å². The van der Waals surface area contributed by atoms with Crippen LogP contribution in [0.2, 0.25) is 0 Å². The van der Waals surface area contributed by atoms with Gasteiger partial charge >= 0.3 is 18.2 Å². The van der Waals surface area contributed by atoms with Crippen molar-refractivity contribution in [3.63, 3.8) is 0 Å². The summed E-state index contributed by atoms with van der Waals surface area (Å²) in [6.07, 6.45) is -5.81. The van der Waals surface area contributed by atoms with E-state index in [-0.39, 0.29) is 17.1 Å². The fourth-order valence-electron chi connectivity index (χ4n) is 2.14. The first kappa shape index (κ1) is 21.0. The van der Waals surface area contributed by atoms with Crippen molar-refractivity contribution in [2.75, 3.05) is 6.54 Å². The number of furan rings is 1. The summed E-state index contributed by atoms with van der Waals surface area (Å²) in [4.78, 5) is 35.1. The van der Waals surface area contributed by atoms with Crippen LogP contribution in [-0.4, -0.2) is 30.6 Å². The molecule has 1 atom stereocenters. The quantitative estimate of drug-likeness (QED) is 0.753. The molecule has 0 radical (unpaired) electrons. The molecule has 0 aliphatic heterocycles. The molecule has 28 heavy (non-hydrogen) atoms. The highest BCUT2D eigenvalue weighted by atomic mass is 19.4. The summed E-state index contributed by atoms with van der Waals surface area (Å²) in [5.74, 6) is -2.12. The van der Waals surface area contributed by atoms with Crippen molar-refractivity contribution in [3.05, 3.63) is 47.7 Å². The number of urea groups is 1. The lowest BCUT2D eigenvalue weighted by atomic mass is 10.1. The Morgan fingerprint density at radius 1 is 1.18 bits per heavy atom. The summed E-state index contributed by atoms with van der Waals surface area (Å²) in [7, 11) is 0. The van der Waals surface area contributed by atoms with Crippen LogP contribution in [0, 0.1) is 0 Å². The van der Waals surface area contributed by atoms with Gasteiger partial charge in [0.05, 0.1) is 5.56 Å². The van der Waals surface area contributed by atoms with Gasteiger partial charge < -0.3 is 14.5 Å². The molecule has 0 unspecified atom stereocenters. The maximum atomic E-state index is 12.8. The Balaban J connectivity index is 2.06. The summed E-state index contributed by atoms with van der Waals surface area (Å²) in [6, 6.07) is 6.20. The number of imide groups is 1. The molecule has 10 heteroatoms. The van der Waals surface area contributed by atoms with Crippen molar-refractivity contribution in [1.82, 2.24) is 10.6 Å². The molecule has 0 bridgehead atoms. The van der Waals surface area contributed by atoms with Crippen molar-refractivity contribution >= 4 is 17.9 Å². The number of hydrogen-bond acceptors (Lipinski definition) is 5. The Kier molecular flexibility index (Phi) is 6.45. The molecule has 1 aromatic carbocycles. The third-order valence-corrected chi connectivity index (χ3v) is 3.51. The Morgan fingerprint density at radius 2 is 1.89 bits per heavy atom. The van der Waals surface area contributed by atoms with Crippen LogP contribution < -0.4 is 10.6 Å². The van der Waals surface area contributed by atoms with E-state index < -0.39 is 35.8 Å². The first-order valence-corrected chi connectivity index (χ1v) is 8.19. The van der Waals surface area contributed by atoms with Crippen LogP contribution in [0.3, 0.4) is 0 Å². The lowest BCUT2D eigenvalue weighted by molar-refractivity contribution is -0.137. The lowest BCUT2D eigenvalue weighted by Crippen LogP contribution is -2.44. The largest absolute Gasteiger partial charge is 0.449 e. The number of esters is 1. The summed E-state index contributed by atoms with van der Waals surface area (Å²) in [5.41, 5.74) is -0.739. The van der Waals surface area contributed by atoms with Crippen molar-refractivity contribution in [2.24, 2.45) is 0 Å². The minimum atomic E-state index is -4.52. The molecule has 0 aliphatic carbocycles. The number of rotatable bonds is 5. The van der Waals surface area contributed by atoms with Gasteiger partial charge in [-0.05, 0) is 38.1 Å². The number of hydrogen-bond donors (Lipinski definition) is 2. The number of carbonyl (C=O) groups excluding carboxylic acids is 3. The molecule has 2 rings (SSSR count). The zero-order valence-electron chi connectivity index (χ0n) is 14.9. The molecular formula is C18H17F3N2O5. The van der Waals surface area contributed by atoms with Gasteiger partial charge in [0, 0.05) is 12.1 Å². The number of amides is 3. The summed E-state index contributed by atoms with van der Waals surface area (Å²) < 4.78 is 48.6. The minimum absolute atomic E-state index is 0.0254. The second kappa shape index (κ2) is 8.59. The van der Waals surface area contributed by atoms with E-state index in [1.807, 2.05) is 5.32 Å². The lowest BCUT2D eigenvalue weighted by Gasteiger charge is -2.12. The fourth-order valence-corrected chi connectivity index (χ4v) is 2.14. The number of carbonyl (C=O) groups is 3. The molecule has 1 aromatic heterocycles. The molecule has 0 fully saturated rings. The van der Waals surface area contributed by atoms with Crippen LogP contribution >= 0.6 is 0 Å². The van der Waals surface area contributed by atoms with Crippen LogP contribution in [-0.2, 0) is 15.7 Å². The number of halogens is 3. The van der Waals surface area contributed by atoms with Gasteiger partial charge in [-0.25, -0.2) is 9.59 Å². The van der Waals surface area contributed by atoms with Gasteiger partial charge in [-0.15, -0.1) is 0 Å². The molecule has 7 nitrogen and oxygen atoms in total. The van der Waals surface area contributed by atoms with Crippen molar-refractivity contribution < 1.29 is 36.7 Å². The van der Waals surface area contributed by atoms with Gasteiger partial charge in [-0.1, -0.05) is 12.1 Å². The summed E-state index contributed by atoms with van der Waals surface area (Å²) >= 11 is 0. The monoisotopic (exact) mass is 398 g/mol. The first-order valence-electron chi connectivity index (χ1n) is 8.19. The standard InChI is InChI=1S/C18H17F3N2O5/c1-3-22-17(26)23-15(24)10(2)27-16(25)14-8-7-13(28-14)11-5-4-6-12(9-11)18(19,20)21/h4-10H,3H2,1-2H3,(H2,22,23,24,26)/t10-/m1/s1. The van der Waals surface area contributed by atoms with Crippen LogP contribution in [0.1, 0.15) is 30.0 Å². The normalized spacial score (nSPS) is 12.2. The average Bonchev–Trinajstić information content (AvgIpc) is 3.11. The van der Waals surface area contributed by atoms with E-state index in [4.69, 9.17) is 9.15 Å². The van der Waals surface area contributed by atoms with E-state index in [0.717, 1.165) is 12.1 Å². The molecule has 0 saturated carbocycles. The van der Waals surface area contributed by atoms with Crippen LogP contribution in [0.5, 0.6) is 0 Å². The van der Waals surface area contributed by atoms with Crippen LogP contribution in [0.25, 0.3) is 11.3 Å². The van der Waals surface area contributed by atoms with Gasteiger partial charge in [-0.3, -0.25) is 10.1 Å². The Labute approximate surface area is 157 Å². The molecule has 150 valence electrons. The van der Waals surface area contributed by atoms with Crippen molar-refractivity contribution in [2.45, 2.75) is 26.1 Å². The third kappa shape index (κ3) is 5.35. The predicted molar refractivity (Wildman–Crippen MR) is 91.2 cm³/mol. The van der Waals surface area contributed by atoms with E-state index in [2.05, 4.69) is 5.32 Å². The zero-order valence-corrected chi connectivity index (χ0v) is 14.9. The van der Waals surface area contributed by atoms with E-state index in [1.165, 1.54) is 31.2 Å². The number of nitrogens with one attached hydrogen (secondary N) is 2. The maximum absolute atomic E-state index is 12.8. The van der Waals surface area contributed by atoms with E-state index in [1.54, 1.807) is 6.92 Å². The average molecular weight is 398 g/mol. The highest BCUT2D eigenvalue weighted by Crippen LogP contribution is 2.32. The molecule has 3 amide bonds. The highest BCUT2D eigenvalue weighted by molar-refractivity contribution is 5.98. The van der Waals surface area contributed by atoms with Gasteiger partial charge in [0.1, 0.15) is 5.76 Å². The second-order valence-electron chi connectivity index (χ2n) is 5.64. The predicted octanol–water partition coefficient (Wildman–Crippen LogP) is 3.36. The first-order chi connectivity index (χ1) is 13.1. The number of benzene rings is 1. The SMILES string of the molecule is CCNC(=O)NC(=O)[C@@H](C)OC(=O)c1ccc(-c2cccc(C(F)(F)F)c2)o1. The molecular weight excluding hydrogens is 381 g/mol. The highest BCUT2D eigenvalue weighted by Gasteiger charge is 2.31. The van der Waals surface area contributed by atoms with Gasteiger partial charge in [0.2, 0.25) is 5.76 Å². The van der Waals surface area contributed by atoms with Crippen molar-refractivity contribution in [1.29, 1.82) is 0 Å². The Hall–Kier alpha value is -3.30. The Morgan fingerprint density at radius 3 is 2.54 bits per heavy atom. The smallest absolute Gasteiger partial charge is 0.416 e. The minimum Gasteiger partial charge on any atom is -0.449 e. The molecule has 0 spiro atoms. The number of alkyl halides is 3. The molecule has 1 heterocycles. The third-order valence-electron chi connectivity index (χ3n) is 3.51. The molecule has 2 aromatic rings. The number of ether oxygens (including phenoxy) is 1. The van der Waals surface area contributed by atoms with Crippen LogP contribution in [0.15, 0.2) is 40.8 Å².